The van der Waals surface area contributed by atoms with Gasteiger partial charge in [0.25, 0.3) is 0 Å². The molecule has 86 valence electrons. The molecular formula is C10H12Cl2N4. The summed E-state index contributed by atoms with van der Waals surface area (Å²) in [5.41, 5.74) is 7.09. The number of rotatable bonds is 2. The van der Waals surface area contributed by atoms with Crippen molar-refractivity contribution < 1.29 is 0 Å². The van der Waals surface area contributed by atoms with Crippen molar-refractivity contribution in [1.29, 1.82) is 0 Å². The van der Waals surface area contributed by atoms with Gasteiger partial charge in [-0.05, 0) is 17.7 Å². The van der Waals surface area contributed by atoms with E-state index in [-0.39, 0.29) is 0 Å². The molecule has 1 aliphatic heterocycles. The van der Waals surface area contributed by atoms with Crippen LogP contribution in [0.3, 0.4) is 0 Å². The highest BCUT2D eigenvalue weighted by Gasteiger charge is 2.11. The van der Waals surface area contributed by atoms with Crippen LogP contribution in [0.1, 0.15) is 5.56 Å². The molecule has 0 saturated heterocycles. The van der Waals surface area contributed by atoms with E-state index in [1.165, 1.54) is 0 Å². The molecule has 0 atom stereocenters. The molecule has 0 amide bonds. The Morgan fingerprint density at radius 1 is 1.38 bits per heavy atom. The number of hydrogen-bond donors (Lipinski definition) is 3. The second-order valence-corrected chi connectivity index (χ2v) is 4.24. The van der Waals surface area contributed by atoms with E-state index in [1.54, 1.807) is 12.1 Å². The van der Waals surface area contributed by atoms with Crippen molar-refractivity contribution >= 4 is 34.8 Å². The van der Waals surface area contributed by atoms with E-state index in [9.17, 15) is 0 Å². The van der Waals surface area contributed by atoms with Crippen LogP contribution in [0.15, 0.2) is 17.1 Å². The van der Waals surface area contributed by atoms with Gasteiger partial charge in [-0.25, -0.2) is 0 Å². The molecule has 0 saturated carbocycles. The largest absolute Gasteiger partial charge is 0.354 e. The first-order valence-electron chi connectivity index (χ1n) is 4.94. The Bertz CT molecular complexity index is 408. The highest BCUT2D eigenvalue weighted by Crippen LogP contribution is 2.31. The number of benzene rings is 1. The summed E-state index contributed by atoms with van der Waals surface area (Å²) >= 11 is 12.2. The Labute approximate surface area is 104 Å². The van der Waals surface area contributed by atoms with E-state index >= 15 is 0 Å². The van der Waals surface area contributed by atoms with Crippen molar-refractivity contribution in [3.8, 4) is 0 Å². The minimum atomic E-state index is 0.416. The smallest absolute Gasteiger partial charge is 0.196 e. The SMILES string of the molecule is NCc1cc(Cl)c(NC2=NCCN2)c(Cl)c1. The summed E-state index contributed by atoms with van der Waals surface area (Å²) in [6.07, 6.45) is 0. The number of anilines is 1. The van der Waals surface area contributed by atoms with Crippen LogP contribution in [0.2, 0.25) is 10.0 Å². The number of aliphatic imine (C=N–C) groups is 1. The summed E-state index contributed by atoms with van der Waals surface area (Å²) in [5, 5.41) is 7.24. The molecule has 0 radical (unpaired) electrons. The lowest BCUT2D eigenvalue weighted by atomic mass is 10.2. The van der Waals surface area contributed by atoms with Gasteiger partial charge in [-0.3, -0.25) is 4.99 Å². The summed E-state index contributed by atoms with van der Waals surface area (Å²) in [6.45, 7) is 2.01. The molecule has 2 rings (SSSR count). The van der Waals surface area contributed by atoms with E-state index in [4.69, 9.17) is 28.9 Å². The van der Waals surface area contributed by atoms with Gasteiger partial charge < -0.3 is 16.4 Å². The van der Waals surface area contributed by atoms with Crippen molar-refractivity contribution in [1.82, 2.24) is 5.32 Å². The monoisotopic (exact) mass is 258 g/mol. The second kappa shape index (κ2) is 4.91. The van der Waals surface area contributed by atoms with Gasteiger partial charge in [0, 0.05) is 13.1 Å². The maximum atomic E-state index is 6.11. The zero-order valence-corrected chi connectivity index (χ0v) is 10.1. The number of guanidine groups is 1. The second-order valence-electron chi connectivity index (χ2n) is 3.42. The third kappa shape index (κ3) is 2.40. The van der Waals surface area contributed by atoms with Crippen LogP contribution in [0.5, 0.6) is 0 Å². The van der Waals surface area contributed by atoms with Gasteiger partial charge in [-0.2, -0.15) is 0 Å². The normalized spacial score (nSPS) is 14.6. The number of nitrogens with one attached hydrogen (secondary N) is 2. The van der Waals surface area contributed by atoms with Crippen molar-refractivity contribution in [2.45, 2.75) is 6.54 Å². The van der Waals surface area contributed by atoms with Crippen LogP contribution in [0.25, 0.3) is 0 Å². The third-order valence-corrected chi connectivity index (χ3v) is 2.85. The maximum absolute atomic E-state index is 6.11. The number of halogens is 2. The Kier molecular flexibility index (Phi) is 3.53. The van der Waals surface area contributed by atoms with Crippen LogP contribution >= 0.6 is 23.2 Å². The van der Waals surface area contributed by atoms with Gasteiger partial charge in [0.1, 0.15) is 0 Å². The molecule has 0 fully saturated rings. The van der Waals surface area contributed by atoms with Crippen LogP contribution in [0.4, 0.5) is 5.69 Å². The van der Waals surface area contributed by atoms with Crippen LogP contribution < -0.4 is 16.4 Å². The Balaban J connectivity index is 2.26. The Morgan fingerprint density at radius 3 is 2.56 bits per heavy atom. The summed E-state index contributed by atoms with van der Waals surface area (Å²) in [6, 6.07) is 3.59. The van der Waals surface area contributed by atoms with Gasteiger partial charge in [-0.1, -0.05) is 23.2 Å². The molecule has 0 spiro atoms. The topological polar surface area (TPSA) is 62.4 Å². The van der Waals surface area contributed by atoms with Crippen molar-refractivity contribution in [3.05, 3.63) is 27.7 Å². The van der Waals surface area contributed by atoms with E-state index in [0.29, 0.717) is 28.2 Å². The first-order valence-corrected chi connectivity index (χ1v) is 5.69. The molecule has 16 heavy (non-hydrogen) atoms. The fourth-order valence-corrected chi connectivity index (χ4v) is 2.09. The summed E-state index contributed by atoms with van der Waals surface area (Å²) in [4.78, 5) is 4.21. The van der Waals surface area contributed by atoms with E-state index in [0.717, 1.165) is 18.7 Å². The molecule has 1 heterocycles. The average molecular weight is 259 g/mol. The molecule has 0 aromatic heterocycles. The predicted octanol–water partition coefficient (Wildman–Crippen LogP) is 1.82. The first kappa shape index (κ1) is 11.5. The molecule has 4 nitrogen and oxygen atoms in total. The summed E-state index contributed by atoms with van der Waals surface area (Å²) < 4.78 is 0. The van der Waals surface area contributed by atoms with Crippen molar-refractivity contribution in [3.63, 3.8) is 0 Å². The lowest BCUT2D eigenvalue weighted by molar-refractivity contribution is 0.959. The predicted molar refractivity (Wildman–Crippen MR) is 68.3 cm³/mol. The van der Waals surface area contributed by atoms with E-state index in [1.807, 2.05) is 0 Å². The minimum absolute atomic E-state index is 0.416. The lowest BCUT2D eigenvalue weighted by Crippen LogP contribution is -2.26. The van der Waals surface area contributed by atoms with Crippen LogP contribution in [0, 0.1) is 0 Å². The standard InChI is InChI=1S/C10H12Cl2N4/c11-7-3-6(5-13)4-8(12)9(7)16-10-14-1-2-15-10/h3-4H,1-2,5,13H2,(H2,14,15,16). The van der Waals surface area contributed by atoms with Gasteiger partial charge >= 0.3 is 0 Å². The quantitative estimate of drug-likeness (QED) is 0.759. The zero-order valence-electron chi connectivity index (χ0n) is 8.56. The van der Waals surface area contributed by atoms with Gasteiger partial charge in [0.15, 0.2) is 5.96 Å². The lowest BCUT2D eigenvalue weighted by Gasteiger charge is -2.11. The zero-order chi connectivity index (χ0) is 11.5. The molecule has 0 bridgehead atoms. The van der Waals surface area contributed by atoms with Crippen LogP contribution in [-0.4, -0.2) is 19.0 Å². The molecule has 0 aliphatic carbocycles. The molecule has 1 aliphatic rings. The molecule has 1 aromatic carbocycles. The Hall–Kier alpha value is -0.970. The highest BCUT2D eigenvalue weighted by molar-refractivity contribution is 6.39. The van der Waals surface area contributed by atoms with Crippen molar-refractivity contribution in [2.24, 2.45) is 10.7 Å². The van der Waals surface area contributed by atoms with Crippen LogP contribution in [-0.2, 0) is 6.54 Å². The number of nitrogens with two attached hydrogens (primary N) is 1. The van der Waals surface area contributed by atoms with E-state index < -0.39 is 0 Å². The average Bonchev–Trinajstić information content (AvgIpc) is 2.75. The fraction of sp³-hybridized carbons (Fsp3) is 0.300. The summed E-state index contributed by atoms with van der Waals surface area (Å²) in [5.74, 6) is 0.698. The first-order chi connectivity index (χ1) is 7.70. The van der Waals surface area contributed by atoms with Gasteiger partial charge in [0.2, 0.25) is 0 Å². The molecule has 1 aromatic rings. The highest BCUT2D eigenvalue weighted by atomic mass is 35.5. The minimum Gasteiger partial charge on any atom is -0.354 e. The maximum Gasteiger partial charge on any atom is 0.196 e. The molecule has 6 heteroatoms. The fourth-order valence-electron chi connectivity index (χ4n) is 1.46. The number of nitrogens with zero attached hydrogens (tertiary/aromatic N) is 1. The molecular weight excluding hydrogens is 247 g/mol. The Morgan fingerprint density at radius 2 is 2.06 bits per heavy atom. The third-order valence-electron chi connectivity index (χ3n) is 2.26. The molecule has 0 unspecified atom stereocenters. The van der Waals surface area contributed by atoms with Gasteiger partial charge in [0.05, 0.1) is 22.3 Å². The molecule has 4 N–H and O–H groups in total. The number of hydrogen-bond acceptors (Lipinski definition) is 4. The van der Waals surface area contributed by atoms with Gasteiger partial charge in [-0.15, -0.1) is 0 Å². The summed E-state index contributed by atoms with van der Waals surface area (Å²) in [7, 11) is 0. The van der Waals surface area contributed by atoms with E-state index in [2.05, 4.69) is 15.6 Å². The van der Waals surface area contributed by atoms with Crippen molar-refractivity contribution in [2.75, 3.05) is 18.4 Å².